The van der Waals surface area contributed by atoms with E-state index in [1.165, 1.54) is 6.07 Å². The highest BCUT2D eigenvalue weighted by Crippen LogP contribution is 2.27. The van der Waals surface area contributed by atoms with Gasteiger partial charge in [0, 0.05) is 5.56 Å². The predicted octanol–water partition coefficient (Wildman–Crippen LogP) is 1.44. The molecule has 1 aromatic rings. The number of benzene rings is 1. The van der Waals surface area contributed by atoms with Gasteiger partial charge in [0.2, 0.25) is 0 Å². The quantitative estimate of drug-likeness (QED) is 0.778. The summed E-state index contributed by atoms with van der Waals surface area (Å²) in [4.78, 5) is 11.0. The maximum absolute atomic E-state index is 12.9. The molecule has 5 heteroatoms. The number of rotatable bonds is 2. The van der Waals surface area contributed by atoms with Crippen molar-refractivity contribution in [2.45, 2.75) is 0 Å². The molecule has 0 aliphatic carbocycles. The lowest BCUT2D eigenvalue weighted by Crippen LogP contribution is -2.13. The first-order valence-corrected chi connectivity index (χ1v) is 4.27. The summed E-state index contributed by atoms with van der Waals surface area (Å²) in [7, 11) is 0. The second-order valence-corrected chi connectivity index (χ2v) is 3.21. The first-order valence-electron chi connectivity index (χ1n) is 3.47. The Morgan fingerprint density at radius 3 is 2.69 bits per heavy atom. The van der Waals surface area contributed by atoms with Crippen LogP contribution in [0.25, 0.3) is 0 Å². The fraction of sp³-hybridized carbons (Fsp3) is 0.125. The summed E-state index contributed by atoms with van der Waals surface area (Å²) < 4.78 is 12.9. The van der Waals surface area contributed by atoms with Gasteiger partial charge in [-0.15, -0.1) is 0 Å². The molecule has 0 aliphatic heterocycles. The molecule has 0 spiro atoms. The molecule has 3 N–H and O–H groups in total. The Morgan fingerprint density at radius 2 is 2.23 bits per heavy atom. The van der Waals surface area contributed by atoms with E-state index in [0.29, 0.717) is 0 Å². The zero-order valence-corrected chi connectivity index (χ0v) is 8.14. The first kappa shape index (κ1) is 10.1. The third-order valence-corrected chi connectivity index (χ3v) is 2.30. The number of carbonyl (C=O) groups is 1. The third kappa shape index (κ3) is 2.05. The monoisotopic (exact) mass is 247 g/mol. The van der Waals surface area contributed by atoms with Crippen LogP contribution in [0.5, 0.6) is 5.75 Å². The summed E-state index contributed by atoms with van der Waals surface area (Å²) in [5, 5.41) is 9.15. The van der Waals surface area contributed by atoms with Crippen LogP contribution in [-0.2, 0) is 0 Å². The van der Waals surface area contributed by atoms with E-state index in [9.17, 15) is 9.18 Å². The smallest absolute Gasteiger partial charge is 0.176 e. The van der Waals surface area contributed by atoms with Gasteiger partial charge < -0.3 is 10.8 Å². The molecule has 1 rings (SSSR count). The minimum Gasteiger partial charge on any atom is -0.507 e. The van der Waals surface area contributed by atoms with Crippen molar-refractivity contribution in [2.24, 2.45) is 5.73 Å². The zero-order valence-electron chi connectivity index (χ0n) is 6.55. The highest BCUT2D eigenvalue weighted by atomic mass is 79.9. The fourth-order valence-electron chi connectivity index (χ4n) is 0.853. The van der Waals surface area contributed by atoms with Crippen molar-refractivity contribution in [1.82, 2.24) is 0 Å². The Kier molecular flexibility index (Phi) is 3.00. The lowest BCUT2D eigenvalue weighted by atomic mass is 10.1. The van der Waals surface area contributed by atoms with Crippen LogP contribution in [-0.4, -0.2) is 17.4 Å². The van der Waals surface area contributed by atoms with Crippen LogP contribution < -0.4 is 5.73 Å². The molecule has 0 heterocycles. The van der Waals surface area contributed by atoms with Gasteiger partial charge in [-0.3, -0.25) is 4.79 Å². The standard InChI is InChI=1S/C8H7BrFNO2/c9-8-5(10)1-4(2-6(8)12)7(13)3-11/h1-2,12H,3,11H2. The summed E-state index contributed by atoms with van der Waals surface area (Å²) in [6, 6.07) is 2.20. The van der Waals surface area contributed by atoms with Crippen molar-refractivity contribution in [3.8, 4) is 5.75 Å². The van der Waals surface area contributed by atoms with Gasteiger partial charge in [0.1, 0.15) is 11.6 Å². The number of hydrogen-bond donors (Lipinski definition) is 2. The molecule has 3 nitrogen and oxygen atoms in total. The number of carbonyl (C=O) groups excluding carboxylic acids is 1. The fourth-order valence-corrected chi connectivity index (χ4v) is 1.08. The van der Waals surface area contributed by atoms with Crippen molar-refractivity contribution < 1.29 is 14.3 Å². The summed E-state index contributed by atoms with van der Waals surface area (Å²) in [5.74, 6) is -1.41. The van der Waals surface area contributed by atoms with Crippen LogP contribution in [0.4, 0.5) is 4.39 Å². The van der Waals surface area contributed by atoms with Crippen molar-refractivity contribution in [2.75, 3.05) is 6.54 Å². The summed E-state index contributed by atoms with van der Waals surface area (Å²) in [6.45, 7) is -0.208. The molecule has 1 aromatic carbocycles. The van der Waals surface area contributed by atoms with E-state index in [1.807, 2.05) is 0 Å². The van der Waals surface area contributed by atoms with E-state index in [1.54, 1.807) is 0 Å². The van der Waals surface area contributed by atoms with Crippen LogP contribution in [0.3, 0.4) is 0 Å². The second kappa shape index (κ2) is 3.85. The van der Waals surface area contributed by atoms with Crippen LogP contribution in [0.1, 0.15) is 10.4 Å². The third-order valence-electron chi connectivity index (χ3n) is 1.52. The molecule has 0 aromatic heterocycles. The SMILES string of the molecule is NCC(=O)c1cc(O)c(Br)c(F)c1. The first-order chi connectivity index (χ1) is 6.06. The molecule has 70 valence electrons. The molecule has 0 saturated carbocycles. The number of aromatic hydroxyl groups is 1. The molecule has 0 radical (unpaired) electrons. The van der Waals surface area contributed by atoms with Crippen molar-refractivity contribution in [1.29, 1.82) is 0 Å². The summed E-state index contributed by atoms with van der Waals surface area (Å²) in [5.41, 5.74) is 5.15. The lowest BCUT2D eigenvalue weighted by molar-refractivity contribution is 0.100. The second-order valence-electron chi connectivity index (χ2n) is 2.42. The number of phenolic OH excluding ortho intramolecular Hbond substituents is 1. The summed E-state index contributed by atoms with van der Waals surface area (Å²) >= 11 is 2.82. The van der Waals surface area contributed by atoms with Gasteiger partial charge in [-0.1, -0.05) is 0 Å². The van der Waals surface area contributed by atoms with E-state index in [2.05, 4.69) is 15.9 Å². The van der Waals surface area contributed by atoms with Gasteiger partial charge >= 0.3 is 0 Å². The maximum atomic E-state index is 12.9. The minimum absolute atomic E-state index is 0.0546. The molecule has 0 fully saturated rings. The number of Topliss-reactive ketones (excluding diaryl/α,β-unsaturated/α-hetero) is 1. The molecular weight excluding hydrogens is 241 g/mol. The van der Waals surface area contributed by atoms with E-state index >= 15 is 0 Å². The average Bonchev–Trinajstić information content (AvgIpc) is 2.12. The van der Waals surface area contributed by atoms with Crippen molar-refractivity contribution in [3.05, 3.63) is 28.0 Å². The minimum atomic E-state index is -0.684. The van der Waals surface area contributed by atoms with Crippen molar-refractivity contribution >= 4 is 21.7 Å². The molecular formula is C8H7BrFNO2. The van der Waals surface area contributed by atoms with Crippen LogP contribution in [0, 0.1) is 5.82 Å². The number of hydrogen-bond acceptors (Lipinski definition) is 3. The Labute approximate surface area is 82.5 Å². The topological polar surface area (TPSA) is 63.3 Å². The predicted molar refractivity (Wildman–Crippen MR) is 49.1 cm³/mol. The Balaban J connectivity index is 3.20. The molecule has 0 amide bonds. The normalized spacial score (nSPS) is 10.1. The Bertz CT molecular complexity index is 331. The number of phenols is 1. The van der Waals surface area contributed by atoms with Gasteiger partial charge in [-0.25, -0.2) is 4.39 Å². The van der Waals surface area contributed by atoms with Gasteiger partial charge in [0.15, 0.2) is 5.78 Å². The lowest BCUT2D eigenvalue weighted by Gasteiger charge is -2.02. The highest BCUT2D eigenvalue weighted by molar-refractivity contribution is 9.10. The van der Waals surface area contributed by atoms with E-state index < -0.39 is 11.6 Å². The number of ketones is 1. The van der Waals surface area contributed by atoms with Crippen molar-refractivity contribution in [3.63, 3.8) is 0 Å². The van der Waals surface area contributed by atoms with E-state index in [0.717, 1.165) is 6.07 Å². The number of nitrogens with two attached hydrogens (primary N) is 1. The maximum Gasteiger partial charge on any atom is 0.176 e. The van der Waals surface area contributed by atoms with Gasteiger partial charge in [0.05, 0.1) is 11.0 Å². The summed E-state index contributed by atoms with van der Waals surface area (Å²) in [6.07, 6.45) is 0. The van der Waals surface area contributed by atoms with Gasteiger partial charge in [-0.05, 0) is 28.1 Å². The molecule has 13 heavy (non-hydrogen) atoms. The van der Waals surface area contributed by atoms with E-state index in [-0.39, 0.29) is 22.3 Å². The zero-order chi connectivity index (χ0) is 10.0. The highest BCUT2D eigenvalue weighted by Gasteiger charge is 2.11. The molecule has 0 unspecified atom stereocenters. The van der Waals surface area contributed by atoms with Crippen LogP contribution in [0.15, 0.2) is 16.6 Å². The van der Waals surface area contributed by atoms with Gasteiger partial charge in [-0.2, -0.15) is 0 Å². The number of halogens is 2. The molecule has 0 atom stereocenters. The average molecular weight is 248 g/mol. The van der Waals surface area contributed by atoms with Gasteiger partial charge in [0.25, 0.3) is 0 Å². The molecule has 0 aliphatic rings. The van der Waals surface area contributed by atoms with Crippen LogP contribution in [0.2, 0.25) is 0 Å². The Morgan fingerprint density at radius 1 is 1.62 bits per heavy atom. The molecule has 0 saturated heterocycles. The van der Waals surface area contributed by atoms with E-state index in [4.69, 9.17) is 10.8 Å². The van der Waals surface area contributed by atoms with Crippen LogP contribution >= 0.6 is 15.9 Å². The Hall–Kier alpha value is -0.940. The largest absolute Gasteiger partial charge is 0.507 e. The molecule has 0 bridgehead atoms.